The van der Waals surface area contributed by atoms with Gasteiger partial charge < -0.3 is 35.7 Å². The molecule has 3 heterocycles. The average Bonchev–Trinajstić information content (AvgIpc) is 3.55. The van der Waals surface area contributed by atoms with Crippen molar-refractivity contribution in [1.29, 1.82) is 0 Å². The lowest BCUT2D eigenvalue weighted by atomic mass is 9.91. The first-order valence-corrected chi connectivity index (χ1v) is 14.4. The summed E-state index contributed by atoms with van der Waals surface area (Å²) in [5, 5.41) is 20.2. The number of methoxy groups -OCH3 is 1. The third-order valence-corrected chi connectivity index (χ3v) is 8.49. The molecule has 0 spiro atoms. The molecule has 2 aromatic carbocycles. The van der Waals surface area contributed by atoms with E-state index in [1.165, 1.54) is 4.90 Å². The van der Waals surface area contributed by atoms with Crippen molar-refractivity contribution >= 4 is 34.5 Å². The summed E-state index contributed by atoms with van der Waals surface area (Å²) in [7, 11) is 1.57. The number of nitrogens with one attached hydrogen (secondary N) is 4. The molecule has 2 fully saturated rings. The Hall–Kier alpha value is -4.38. The fourth-order valence-corrected chi connectivity index (χ4v) is 5.97. The monoisotopic (exact) mass is 573 g/mol. The molecule has 1 aliphatic carbocycles. The average molecular weight is 574 g/mol. The van der Waals surface area contributed by atoms with Crippen LogP contribution in [-0.2, 0) is 27.3 Å². The first kappa shape index (κ1) is 27.8. The smallest absolute Gasteiger partial charge is 0.271 e. The van der Waals surface area contributed by atoms with Gasteiger partial charge in [0.05, 0.1) is 13.2 Å². The summed E-state index contributed by atoms with van der Waals surface area (Å²) in [5.41, 5.74) is 2.93. The molecule has 1 saturated carbocycles. The van der Waals surface area contributed by atoms with Crippen LogP contribution >= 0.6 is 0 Å². The molecule has 11 nitrogen and oxygen atoms in total. The molecule has 220 valence electrons. The molecule has 5 N–H and O–H groups in total. The maximum atomic E-state index is 14.0. The summed E-state index contributed by atoms with van der Waals surface area (Å²) in [6, 6.07) is 13.0. The summed E-state index contributed by atoms with van der Waals surface area (Å²) in [5.74, 6) is -1.41. The number of amides is 4. The molecule has 3 aliphatic rings. The number of aromatic amines is 1. The summed E-state index contributed by atoms with van der Waals surface area (Å²) < 4.78 is 5.45. The molecule has 2 aliphatic heterocycles. The minimum absolute atomic E-state index is 0.0242. The molecule has 1 aromatic heterocycles. The Kier molecular flexibility index (Phi) is 7.59. The van der Waals surface area contributed by atoms with Crippen molar-refractivity contribution in [1.82, 2.24) is 25.8 Å². The highest BCUT2D eigenvalue weighted by Crippen LogP contribution is 2.30. The molecule has 42 heavy (non-hydrogen) atoms. The van der Waals surface area contributed by atoms with Gasteiger partial charge in [0, 0.05) is 42.4 Å². The van der Waals surface area contributed by atoms with Gasteiger partial charge in [-0.3, -0.25) is 19.2 Å². The number of carbonyl (C=O) groups is 4. The van der Waals surface area contributed by atoms with Gasteiger partial charge >= 0.3 is 0 Å². The van der Waals surface area contributed by atoms with Gasteiger partial charge in [0.15, 0.2) is 6.10 Å². The van der Waals surface area contributed by atoms with E-state index in [0.717, 1.165) is 34.9 Å². The van der Waals surface area contributed by atoms with E-state index in [4.69, 9.17) is 4.74 Å². The number of aromatic nitrogens is 1. The minimum Gasteiger partial charge on any atom is -0.496 e. The Bertz CT molecular complexity index is 1530. The molecular formula is C31H35N5O6. The number of rotatable bonds is 9. The number of nitrogens with zero attached hydrogens (tertiary/aromatic N) is 1. The number of ether oxygens (including phenoxy) is 1. The third-order valence-electron chi connectivity index (χ3n) is 8.49. The van der Waals surface area contributed by atoms with E-state index < -0.39 is 35.9 Å². The minimum atomic E-state index is -1.54. The van der Waals surface area contributed by atoms with E-state index in [1.807, 2.05) is 42.5 Å². The molecule has 2 unspecified atom stereocenters. The zero-order valence-corrected chi connectivity index (χ0v) is 23.4. The predicted octanol–water partition coefficient (Wildman–Crippen LogP) is 1.39. The third kappa shape index (κ3) is 5.56. The Labute approximate surface area is 243 Å². The van der Waals surface area contributed by atoms with Crippen molar-refractivity contribution in [3.63, 3.8) is 0 Å². The predicted molar refractivity (Wildman–Crippen MR) is 153 cm³/mol. The van der Waals surface area contributed by atoms with Crippen molar-refractivity contribution < 1.29 is 29.0 Å². The summed E-state index contributed by atoms with van der Waals surface area (Å²) in [6.45, 7) is 0.714. The highest BCUT2D eigenvalue weighted by Gasteiger charge is 2.40. The fraction of sp³-hybridized carbons (Fsp3) is 0.419. The first-order chi connectivity index (χ1) is 20.3. The topological polar surface area (TPSA) is 153 Å². The quantitative estimate of drug-likeness (QED) is 0.261. The summed E-state index contributed by atoms with van der Waals surface area (Å²) in [4.78, 5) is 57.8. The first-order valence-electron chi connectivity index (χ1n) is 14.4. The lowest BCUT2D eigenvalue weighted by Crippen LogP contribution is -2.58. The number of benzene rings is 2. The van der Waals surface area contributed by atoms with Crippen LogP contribution in [0, 0.1) is 5.92 Å². The Morgan fingerprint density at radius 1 is 1.10 bits per heavy atom. The van der Waals surface area contributed by atoms with Gasteiger partial charge in [-0.1, -0.05) is 30.3 Å². The number of fused-ring (bicyclic) bond motifs is 2. The normalized spacial score (nSPS) is 21.3. The Morgan fingerprint density at radius 3 is 2.60 bits per heavy atom. The number of hydrogen-bond donors (Lipinski definition) is 5. The van der Waals surface area contributed by atoms with E-state index in [0.29, 0.717) is 24.4 Å². The highest BCUT2D eigenvalue weighted by molar-refractivity contribution is 6.02. The standard InChI is InChI=1S/C31H35N5O6/c1-42-26-8-4-7-22-21(26)15-24(34-22)31(41)36-16-19-6-3-2-5-17(19)14-25(36)29(39)35-23(13-18-11-12-32-28(18)38)27(37)30(40)33-20-9-10-20/h2-8,15,18,20,23,25,27,34,37H,9-14,16H2,1H3,(H,32,38)(H,33,40)(H,35,39)/t18?,23-,25-,27?/m0/s1. The van der Waals surface area contributed by atoms with E-state index in [-0.39, 0.29) is 37.2 Å². The van der Waals surface area contributed by atoms with Crippen molar-refractivity contribution in [3.8, 4) is 5.75 Å². The maximum absolute atomic E-state index is 14.0. The van der Waals surface area contributed by atoms with Crippen molar-refractivity contribution in [2.45, 2.75) is 62.9 Å². The fourth-order valence-electron chi connectivity index (χ4n) is 5.97. The van der Waals surface area contributed by atoms with Crippen molar-refractivity contribution in [3.05, 3.63) is 65.4 Å². The number of aliphatic hydroxyl groups excluding tert-OH is 1. The molecule has 4 atom stereocenters. The van der Waals surface area contributed by atoms with Gasteiger partial charge in [-0.15, -0.1) is 0 Å². The second-order valence-corrected chi connectivity index (χ2v) is 11.4. The number of aliphatic hydroxyl groups is 1. The number of carbonyl (C=O) groups excluding carboxylic acids is 4. The van der Waals surface area contributed by atoms with E-state index in [2.05, 4.69) is 20.9 Å². The second kappa shape index (κ2) is 11.5. The van der Waals surface area contributed by atoms with Crippen molar-refractivity contribution in [2.75, 3.05) is 13.7 Å². The lowest BCUT2D eigenvalue weighted by molar-refractivity contribution is -0.135. The molecule has 6 rings (SSSR count). The summed E-state index contributed by atoms with van der Waals surface area (Å²) >= 11 is 0. The van der Waals surface area contributed by atoms with Crippen LogP contribution in [0.3, 0.4) is 0 Å². The summed E-state index contributed by atoms with van der Waals surface area (Å²) in [6.07, 6.45) is 1.07. The number of H-pyrrole nitrogens is 1. The van der Waals surface area contributed by atoms with Gasteiger partial charge in [0.25, 0.3) is 11.8 Å². The SMILES string of the molecule is COc1cccc2[nH]c(C(=O)N3Cc4ccccc4C[C@H]3C(=O)N[C@@H](CC3CCNC3=O)C(O)C(=O)NC3CC3)cc12. The van der Waals surface area contributed by atoms with Crippen LogP contribution in [0.4, 0.5) is 0 Å². The molecule has 0 bridgehead atoms. The van der Waals surface area contributed by atoms with Crippen LogP contribution in [-0.4, -0.2) is 76.5 Å². The van der Waals surface area contributed by atoms with Gasteiger partial charge in [-0.25, -0.2) is 0 Å². The largest absolute Gasteiger partial charge is 0.496 e. The van der Waals surface area contributed by atoms with Gasteiger partial charge in [0.2, 0.25) is 11.8 Å². The van der Waals surface area contributed by atoms with Crippen LogP contribution in [0.5, 0.6) is 5.75 Å². The zero-order chi connectivity index (χ0) is 29.4. The second-order valence-electron chi connectivity index (χ2n) is 11.4. The van der Waals surface area contributed by atoms with Gasteiger partial charge in [-0.2, -0.15) is 0 Å². The molecular weight excluding hydrogens is 538 g/mol. The van der Waals surface area contributed by atoms with Crippen LogP contribution < -0.4 is 20.7 Å². The Morgan fingerprint density at radius 2 is 1.88 bits per heavy atom. The highest BCUT2D eigenvalue weighted by atomic mass is 16.5. The molecule has 0 radical (unpaired) electrons. The van der Waals surface area contributed by atoms with Gasteiger partial charge in [-0.05, 0) is 55.0 Å². The van der Waals surface area contributed by atoms with Crippen LogP contribution in [0.1, 0.15) is 47.3 Å². The van der Waals surface area contributed by atoms with Crippen molar-refractivity contribution in [2.24, 2.45) is 5.92 Å². The zero-order valence-electron chi connectivity index (χ0n) is 23.4. The van der Waals surface area contributed by atoms with Crippen LogP contribution in [0.15, 0.2) is 48.5 Å². The number of hydrogen-bond acceptors (Lipinski definition) is 6. The van der Waals surface area contributed by atoms with Crippen LogP contribution in [0.25, 0.3) is 10.9 Å². The molecule has 4 amide bonds. The van der Waals surface area contributed by atoms with Crippen LogP contribution in [0.2, 0.25) is 0 Å². The molecule has 3 aromatic rings. The molecule has 11 heteroatoms. The Balaban J connectivity index is 1.28. The lowest BCUT2D eigenvalue weighted by Gasteiger charge is -2.37. The van der Waals surface area contributed by atoms with E-state index >= 15 is 0 Å². The van der Waals surface area contributed by atoms with Gasteiger partial charge in [0.1, 0.15) is 17.5 Å². The van der Waals surface area contributed by atoms with E-state index in [1.54, 1.807) is 13.2 Å². The molecule has 1 saturated heterocycles. The maximum Gasteiger partial charge on any atom is 0.271 e. The van der Waals surface area contributed by atoms with E-state index in [9.17, 15) is 24.3 Å².